The standard InChI is InChI=1S/C21H21N3O4S/c1-3-13-4-5-14(10-22-13)28-15-6-12-7-17(24-20(12)18(8-15)27-2)21-23-11-16(29-21)9-19(25)26/h4-8,10,16,24H,3,9,11H2,1-2H3,(H,25,26). The van der Waals surface area contributed by atoms with Gasteiger partial charge in [-0.15, -0.1) is 0 Å². The second-order valence-corrected chi connectivity index (χ2v) is 7.99. The largest absolute Gasteiger partial charge is 0.494 e. The Bertz CT molecular complexity index is 1080. The van der Waals surface area contributed by atoms with Gasteiger partial charge in [0, 0.05) is 22.4 Å². The SMILES string of the molecule is CCc1ccc(Oc2cc(OC)c3[nH]c(C4=NCC(CC(=O)O)S4)cc3c2)cn1. The molecule has 2 N–H and O–H groups in total. The molecule has 0 saturated carbocycles. The highest BCUT2D eigenvalue weighted by Crippen LogP contribution is 2.35. The lowest BCUT2D eigenvalue weighted by molar-refractivity contribution is -0.136. The van der Waals surface area contributed by atoms with Crippen molar-refractivity contribution in [2.45, 2.75) is 25.0 Å². The predicted molar refractivity (Wildman–Crippen MR) is 114 cm³/mol. The van der Waals surface area contributed by atoms with E-state index in [2.05, 4.69) is 21.9 Å². The highest BCUT2D eigenvalue weighted by molar-refractivity contribution is 8.15. The van der Waals surface area contributed by atoms with Crippen LogP contribution in [0, 0.1) is 0 Å². The number of aliphatic imine (C=N–C) groups is 1. The summed E-state index contributed by atoms with van der Waals surface area (Å²) in [4.78, 5) is 23.1. The van der Waals surface area contributed by atoms with Crippen LogP contribution >= 0.6 is 11.8 Å². The number of carbonyl (C=O) groups is 1. The Morgan fingerprint density at radius 2 is 2.17 bits per heavy atom. The summed E-state index contributed by atoms with van der Waals surface area (Å²) in [5, 5.41) is 10.7. The first-order valence-corrected chi connectivity index (χ1v) is 10.2. The average molecular weight is 411 g/mol. The number of pyridine rings is 1. The van der Waals surface area contributed by atoms with Gasteiger partial charge in [0.1, 0.15) is 22.3 Å². The number of aromatic nitrogens is 2. The summed E-state index contributed by atoms with van der Waals surface area (Å²) in [5.41, 5.74) is 2.71. The van der Waals surface area contributed by atoms with Gasteiger partial charge < -0.3 is 19.6 Å². The van der Waals surface area contributed by atoms with E-state index in [1.807, 2.05) is 30.3 Å². The van der Waals surface area contributed by atoms with Crippen molar-refractivity contribution in [2.24, 2.45) is 4.99 Å². The van der Waals surface area contributed by atoms with Gasteiger partial charge in [-0.1, -0.05) is 18.7 Å². The van der Waals surface area contributed by atoms with Crippen LogP contribution in [0.1, 0.15) is 24.7 Å². The van der Waals surface area contributed by atoms with Crippen molar-refractivity contribution in [3.05, 3.63) is 47.9 Å². The topological polar surface area (TPSA) is 96.8 Å². The van der Waals surface area contributed by atoms with E-state index in [1.54, 1.807) is 13.3 Å². The highest BCUT2D eigenvalue weighted by Gasteiger charge is 2.24. The van der Waals surface area contributed by atoms with Gasteiger partial charge in [-0.25, -0.2) is 0 Å². The highest BCUT2D eigenvalue weighted by atomic mass is 32.2. The summed E-state index contributed by atoms with van der Waals surface area (Å²) in [6.07, 6.45) is 2.69. The zero-order chi connectivity index (χ0) is 20.4. The number of aliphatic carboxylic acids is 1. The van der Waals surface area contributed by atoms with Crippen LogP contribution in [0.3, 0.4) is 0 Å². The van der Waals surface area contributed by atoms with Gasteiger partial charge in [0.15, 0.2) is 0 Å². The van der Waals surface area contributed by atoms with E-state index < -0.39 is 5.97 Å². The van der Waals surface area contributed by atoms with Crippen molar-refractivity contribution in [2.75, 3.05) is 13.7 Å². The first kappa shape index (κ1) is 19.3. The number of carboxylic acid groups (broad SMARTS) is 1. The normalized spacial score (nSPS) is 16.1. The molecule has 29 heavy (non-hydrogen) atoms. The lowest BCUT2D eigenvalue weighted by atomic mass is 10.2. The molecule has 1 atom stereocenters. The monoisotopic (exact) mass is 411 g/mol. The van der Waals surface area contributed by atoms with Gasteiger partial charge in [-0.2, -0.15) is 0 Å². The number of thioether (sulfide) groups is 1. The molecule has 3 heterocycles. The Labute approximate surface area is 172 Å². The fourth-order valence-electron chi connectivity index (χ4n) is 3.20. The Balaban J connectivity index is 1.60. The summed E-state index contributed by atoms with van der Waals surface area (Å²) >= 11 is 1.49. The van der Waals surface area contributed by atoms with Crippen LogP contribution in [0.25, 0.3) is 10.9 Å². The van der Waals surface area contributed by atoms with Gasteiger partial charge in [0.05, 0.1) is 37.5 Å². The lowest BCUT2D eigenvalue weighted by Gasteiger charge is -2.09. The minimum Gasteiger partial charge on any atom is -0.494 e. The van der Waals surface area contributed by atoms with Crippen LogP contribution in [0.4, 0.5) is 0 Å². The van der Waals surface area contributed by atoms with Crippen molar-refractivity contribution in [1.82, 2.24) is 9.97 Å². The molecule has 0 amide bonds. The Morgan fingerprint density at radius 3 is 2.86 bits per heavy atom. The summed E-state index contributed by atoms with van der Waals surface area (Å²) in [7, 11) is 1.61. The average Bonchev–Trinajstić information content (AvgIpc) is 3.34. The van der Waals surface area contributed by atoms with Gasteiger partial charge in [-0.3, -0.25) is 14.8 Å². The van der Waals surface area contributed by atoms with E-state index in [4.69, 9.17) is 14.6 Å². The van der Waals surface area contributed by atoms with Crippen molar-refractivity contribution < 1.29 is 19.4 Å². The maximum absolute atomic E-state index is 10.9. The molecule has 1 aromatic carbocycles. The number of aromatic amines is 1. The fraction of sp³-hybridized carbons (Fsp3) is 0.286. The number of nitrogens with one attached hydrogen (secondary N) is 1. The van der Waals surface area contributed by atoms with Crippen molar-refractivity contribution in [3.63, 3.8) is 0 Å². The van der Waals surface area contributed by atoms with E-state index in [0.717, 1.165) is 33.8 Å². The van der Waals surface area contributed by atoms with Crippen LogP contribution in [-0.4, -0.2) is 45.0 Å². The van der Waals surface area contributed by atoms with Crippen molar-refractivity contribution in [3.8, 4) is 17.2 Å². The number of fused-ring (bicyclic) bond motifs is 1. The summed E-state index contributed by atoms with van der Waals surface area (Å²) < 4.78 is 11.5. The van der Waals surface area contributed by atoms with Gasteiger partial charge in [0.2, 0.25) is 0 Å². The number of ether oxygens (including phenoxy) is 2. The summed E-state index contributed by atoms with van der Waals surface area (Å²) in [5.74, 6) is 1.16. The number of methoxy groups -OCH3 is 1. The van der Waals surface area contributed by atoms with E-state index in [0.29, 0.717) is 23.8 Å². The maximum atomic E-state index is 10.9. The number of benzene rings is 1. The number of hydrogen-bond donors (Lipinski definition) is 2. The quantitative estimate of drug-likeness (QED) is 0.603. The number of aryl methyl sites for hydroxylation is 1. The molecule has 0 bridgehead atoms. The summed E-state index contributed by atoms with van der Waals surface area (Å²) in [6.45, 7) is 2.57. The van der Waals surface area contributed by atoms with Gasteiger partial charge in [0.25, 0.3) is 0 Å². The second kappa shape index (κ2) is 8.16. The van der Waals surface area contributed by atoms with E-state index >= 15 is 0 Å². The van der Waals surface area contributed by atoms with Crippen molar-refractivity contribution in [1.29, 1.82) is 0 Å². The molecule has 3 aromatic rings. The van der Waals surface area contributed by atoms with Gasteiger partial charge >= 0.3 is 5.97 Å². The molecule has 2 aromatic heterocycles. The first-order valence-electron chi connectivity index (χ1n) is 9.32. The van der Waals surface area contributed by atoms with Crippen LogP contribution in [-0.2, 0) is 11.2 Å². The smallest absolute Gasteiger partial charge is 0.304 e. The molecule has 1 aliphatic rings. The maximum Gasteiger partial charge on any atom is 0.304 e. The molecule has 0 saturated heterocycles. The first-order chi connectivity index (χ1) is 14.1. The predicted octanol–water partition coefficient (Wildman–Crippen LogP) is 4.26. The van der Waals surface area contributed by atoms with Crippen LogP contribution in [0.2, 0.25) is 0 Å². The molecule has 7 nitrogen and oxygen atoms in total. The Morgan fingerprint density at radius 1 is 1.31 bits per heavy atom. The minimum absolute atomic E-state index is 0.0340. The third-order valence-corrected chi connectivity index (χ3v) is 5.85. The molecule has 0 spiro atoms. The Hall–Kier alpha value is -3.00. The van der Waals surface area contributed by atoms with Crippen LogP contribution in [0.5, 0.6) is 17.2 Å². The van der Waals surface area contributed by atoms with E-state index in [-0.39, 0.29) is 11.7 Å². The molecule has 1 aliphatic heterocycles. The zero-order valence-corrected chi connectivity index (χ0v) is 17.0. The number of carboxylic acids is 1. The van der Waals surface area contributed by atoms with Crippen molar-refractivity contribution >= 4 is 33.7 Å². The molecular formula is C21H21N3O4S. The third kappa shape index (κ3) is 4.22. The molecule has 0 fully saturated rings. The third-order valence-electron chi connectivity index (χ3n) is 4.63. The lowest BCUT2D eigenvalue weighted by Crippen LogP contribution is -2.10. The molecular weight excluding hydrogens is 390 g/mol. The Kier molecular flexibility index (Phi) is 5.44. The van der Waals surface area contributed by atoms with Crippen LogP contribution < -0.4 is 9.47 Å². The number of rotatable bonds is 7. The molecule has 0 aliphatic carbocycles. The van der Waals surface area contributed by atoms with E-state index in [9.17, 15) is 4.79 Å². The molecule has 4 rings (SSSR count). The number of nitrogens with zero attached hydrogens (tertiary/aromatic N) is 2. The number of H-pyrrole nitrogens is 1. The minimum atomic E-state index is -0.805. The summed E-state index contributed by atoms with van der Waals surface area (Å²) in [6, 6.07) is 9.59. The van der Waals surface area contributed by atoms with Crippen LogP contribution in [0.15, 0.2) is 41.5 Å². The molecule has 1 unspecified atom stereocenters. The fourth-order valence-corrected chi connectivity index (χ4v) is 4.28. The molecule has 8 heteroatoms. The van der Waals surface area contributed by atoms with E-state index in [1.165, 1.54) is 11.8 Å². The number of hydrogen-bond acceptors (Lipinski definition) is 6. The zero-order valence-electron chi connectivity index (χ0n) is 16.1. The second-order valence-electron chi connectivity index (χ2n) is 6.70. The molecule has 150 valence electrons. The van der Waals surface area contributed by atoms with Gasteiger partial charge in [-0.05, 0) is 30.7 Å². The molecule has 0 radical (unpaired) electrons.